The Morgan fingerprint density at radius 3 is 2.33 bits per heavy atom. The molecule has 0 aliphatic heterocycles. The molecule has 3 unspecified atom stereocenters. The fourth-order valence-corrected chi connectivity index (χ4v) is 3.72. The van der Waals surface area contributed by atoms with Crippen LogP contribution in [0.3, 0.4) is 0 Å². The Morgan fingerprint density at radius 1 is 1.22 bits per heavy atom. The van der Waals surface area contributed by atoms with E-state index in [-0.39, 0.29) is 0 Å². The lowest BCUT2D eigenvalue weighted by molar-refractivity contribution is 0.377. The van der Waals surface area contributed by atoms with E-state index >= 15 is 0 Å². The van der Waals surface area contributed by atoms with Crippen LogP contribution < -0.4 is 10.1 Å². The minimum Gasteiger partial charge on any atom is -0.467 e. The topological polar surface area (TPSA) is 47.0 Å². The SMILES string of the molecule is CNC(c1cnc(OC)nc1)C1C2CCCCC21. The monoisotopic (exact) mass is 247 g/mol. The van der Waals surface area contributed by atoms with Crippen LogP contribution >= 0.6 is 0 Å². The summed E-state index contributed by atoms with van der Waals surface area (Å²) in [4.78, 5) is 8.44. The zero-order chi connectivity index (χ0) is 12.5. The summed E-state index contributed by atoms with van der Waals surface area (Å²) in [6, 6.07) is 0.853. The number of fused-ring (bicyclic) bond motifs is 1. The Hall–Kier alpha value is -1.16. The first kappa shape index (κ1) is 11.9. The molecule has 4 nitrogen and oxygen atoms in total. The number of ether oxygens (including phenoxy) is 1. The molecule has 0 aromatic carbocycles. The van der Waals surface area contributed by atoms with E-state index in [9.17, 15) is 0 Å². The summed E-state index contributed by atoms with van der Waals surface area (Å²) in [6.07, 6.45) is 9.43. The zero-order valence-corrected chi connectivity index (χ0v) is 11.1. The summed E-state index contributed by atoms with van der Waals surface area (Å²) in [6.45, 7) is 0. The average Bonchev–Trinajstić information content (AvgIpc) is 3.15. The molecule has 2 aliphatic rings. The van der Waals surface area contributed by atoms with E-state index < -0.39 is 0 Å². The van der Waals surface area contributed by atoms with Crippen molar-refractivity contribution in [2.24, 2.45) is 17.8 Å². The van der Waals surface area contributed by atoms with Gasteiger partial charge in [0, 0.05) is 24.0 Å². The van der Waals surface area contributed by atoms with Crippen LogP contribution in [-0.4, -0.2) is 24.1 Å². The fourth-order valence-electron chi connectivity index (χ4n) is 3.72. The standard InChI is InChI=1S/C14H21N3O/c1-15-13(9-7-16-14(18-2)17-8-9)12-10-5-3-4-6-11(10)12/h7-8,10-13,15H,3-6H2,1-2H3. The smallest absolute Gasteiger partial charge is 0.316 e. The summed E-state index contributed by atoms with van der Waals surface area (Å²) in [5.74, 6) is 2.64. The maximum atomic E-state index is 5.01. The second-order valence-electron chi connectivity index (χ2n) is 5.46. The number of hydrogen-bond acceptors (Lipinski definition) is 4. The minimum absolute atomic E-state index is 0.406. The van der Waals surface area contributed by atoms with Crippen LogP contribution in [0, 0.1) is 17.8 Å². The van der Waals surface area contributed by atoms with E-state index in [4.69, 9.17) is 4.74 Å². The lowest BCUT2D eigenvalue weighted by atomic mass is 10.0. The van der Waals surface area contributed by atoms with Crippen molar-refractivity contribution >= 4 is 0 Å². The van der Waals surface area contributed by atoms with Gasteiger partial charge >= 0.3 is 6.01 Å². The second kappa shape index (κ2) is 4.84. The molecule has 4 heteroatoms. The van der Waals surface area contributed by atoms with Crippen LogP contribution in [0.5, 0.6) is 6.01 Å². The molecule has 3 atom stereocenters. The van der Waals surface area contributed by atoms with E-state index in [1.54, 1.807) is 7.11 Å². The van der Waals surface area contributed by atoms with Gasteiger partial charge in [0.15, 0.2) is 0 Å². The van der Waals surface area contributed by atoms with Gasteiger partial charge in [-0.05, 0) is 37.6 Å². The highest BCUT2D eigenvalue weighted by molar-refractivity contribution is 5.19. The van der Waals surface area contributed by atoms with Gasteiger partial charge in [-0.1, -0.05) is 12.8 Å². The van der Waals surface area contributed by atoms with Crippen molar-refractivity contribution in [3.8, 4) is 6.01 Å². The lowest BCUT2D eigenvalue weighted by Gasteiger charge is -2.16. The molecule has 1 aromatic heterocycles. The zero-order valence-electron chi connectivity index (χ0n) is 11.1. The predicted octanol–water partition coefficient (Wildman–Crippen LogP) is 2.18. The number of aromatic nitrogens is 2. The fraction of sp³-hybridized carbons (Fsp3) is 0.714. The van der Waals surface area contributed by atoms with Crippen LogP contribution in [-0.2, 0) is 0 Å². The normalized spacial score (nSPS) is 31.6. The predicted molar refractivity (Wildman–Crippen MR) is 69.3 cm³/mol. The largest absolute Gasteiger partial charge is 0.467 e. The van der Waals surface area contributed by atoms with E-state index in [0.29, 0.717) is 12.1 Å². The molecule has 98 valence electrons. The Labute approximate surface area is 108 Å². The van der Waals surface area contributed by atoms with Gasteiger partial charge in [-0.15, -0.1) is 0 Å². The van der Waals surface area contributed by atoms with Gasteiger partial charge in [0.1, 0.15) is 0 Å². The Balaban J connectivity index is 1.75. The Kier molecular flexibility index (Phi) is 3.20. The minimum atomic E-state index is 0.406. The van der Waals surface area contributed by atoms with Gasteiger partial charge in [-0.25, -0.2) is 9.97 Å². The van der Waals surface area contributed by atoms with Gasteiger partial charge in [0.2, 0.25) is 0 Å². The quantitative estimate of drug-likeness (QED) is 0.886. The van der Waals surface area contributed by atoms with E-state index in [1.165, 1.54) is 31.2 Å². The van der Waals surface area contributed by atoms with Crippen LogP contribution in [0.25, 0.3) is 0 Å². The van der Waals surface area contributed by atoms with Crippen molar-refractivity contribution in [3.63, 3.8) is 0 Å². The Morgan fingerprint density at radius 2 is 1.83 bits per heavy atom. The van der Waals surface area contributed by atoms with Crippen molar-refractivity contribution in [1.29, 1.82) is 0 Å². The number of nitrogens with one attached hydrogen (secondary N) is 1. The molecule has 2 saturated carbocycles. The first-order valence-corrected chi connectivity index (χ1v) is 6.88. The number of rotatable bonds is 4. The maximum absolute atomic E-state index is 5.01. The van der Waals surface area contributed by atoms with E-state index in [1.807, 2.05) is 19.4 Å². The molecule has 0 amide bonds. The summed E-state index contributed by atoms with van der Waals surface area (Å²) in [5, 5.41) is 3.45. The number of methoxy groups -OCH3 is 1. The third-order valence-electron chi connectivity index (χ3n) is 4.61. The Bertz CT molecular complexity index is 394. The molecule has 2 fully saturated rings. The third-order valence-corrected chi connectivity index (χ3v) is 4.61. The average molecular weight is 247 g/mol. The van der Waals surface area contributed by atoms with Crippen molar-refractivity contribution in [2.45, 2.75) is 31.7 Å². The summed E-state index contributed by atoms with van der Waals surface area (Å²) < 4.78 is 5.01. The molecular formula is C14H21N3O. The summed E-state index contributed by atoms with van der Waals surface area (Å²) in [5.41, 5.74) is 1.19. The van der Waals surface area contributed by atoms with Crippen molar-refractivity contribution in [3.05, 3.63) is 18.0 Å². The van der Waals surface area contributed by atoms with Gasteiger partial charge in [0.25, 0.3) is 0 Å². The highest BCUT2D eigenvalue weighted by atomic mass is 16.5. The summed E-state index contributed by atoms with van der Waals surface area (Å²) in [7, 11) is 3.64. The number of hydrogen-bond donors (Lipinski definition) is 1. The highest BCUT2D eigenvalue weighted by Gasteiger charge is 2.54. The molecule has 18 heavy (non-hydrogen) atoms. The molecule has 0 saturated heterocycles. The molecule has 0 bridgehead atoms. The van der Waals surface area contributed by atoms with Gasteiger partial charge in [-0.2, -0.15) is 0 Å². The maximum Gasteiger partial charge on any atom is 0.316 e. The van der Waals surface area contributed by atoms with Crippen molar-refractivity contribution in [2.75, 3.05) is 14.2 Å². The first-order valence-electron chi connectivity index (χ1n) is 6.88. The molecule has 1 N–H and O–H groups in total. The molecule has 3 rings (SSSR count). The van der Waals surface area contributed by atoms with E-state index in [2.05, 4.69) is 15.3 Å². The molecule has 0 spiro atoms. The molecular weight excluding hydrogens is 226 g/mol. The molecule has 0 radical (unpaired) electrons. The first-order chi connectivity index (χ1) is 8.85. The molecule has 1 heterocycles. The van der Waals surface area contributed by atoms with Crippen LogP contribution in [0.4, 0.5) is 0 Å². The number of nitrogens with zero attached hydrogens (tertiary/aromatic N) is 2. The van der Waals surface area contributed by atoms with Crippen molar-refractivity contribution < 1.29 is 4.74 Å². The van der Waals surface area contributed by atoms with Crippen molar-refractivity contribution in [1.82, 2.24) is 15.3 Å². The van der Waals surface area contributed by atoms with Gasteiger partial charge < -0.3 is 10.1 Å². The lowest BCUT2D eigenvalue weighted by Crippen LogP contribution is -2.20. The van der Waals surface area contributed by atoms with E-state index in [0.717, 1.165) is 17.8 Å². The van der Waals surface area contributed by atoms with Gasteiger partial charge in [0.05, 0.1) is 7.11 Å². The van der Waals surface area contributed by atoms with Crippen LogP contribution in [0.1, 0.15) is 37.3 Å². The summed E-state index contributed by atoms with van der Waals surface area (Å²) >= 11 is 0. The highest BCUT2D eigenvalue weighted by Crippen LogP contribution is 2.60. The van der Waals surface area contributed by atoms with Gasteiger partial charge in [-0.3, -0.25) is 0 Å². The van der Waals surface area contributed by atoms with Crippen LogP contribution in [0.15, 0.2) is 12.4 Å². The van der Waals surface area contributed by atoms with Crippen LogP contribution in [0.2, 0.25) is 0 Å². The molecule has 1 aromatic rings. The second-order valence-corrected chi connectivity index (χ2v) is 5.46. The third kappa shape index (κ3) is 1.99. The molecule has 2 aliphatic carbocycles.